The van der Waals surface area contributed by atoms with E-state index >= 15 is 0 Å². The minimum absolute atomic E-state index is 0.0713. The molecular formula is C21H28N2O2. The summed E-state index contributed by atoms with van der Waals surface area (Å²) in [5, 5.41) is 3.05. The average molecular weight is 340 g/mol. The number of rotatable bonds is 7. The zero-order valence-electron chi connectivity index (χ0n) is 15.5. The number of hydrogen-bond donors (Lipinski definition) is 2. The van der Waals surface area contributed by atoms with Gasteiger partial charge in [0.2, 0.25) is 0 Å². The molecule has 0 saturated heterocycles. The van der Waals surface area contributed by atoms with Gasteiger partial charge in [-0.2, -0.15) is 0 Å². The minimum atomic E-state index is -0.0713. The van der Waals surface area contributed by atoms with Gasteiger partial charge in [0, 0.05) is 17.3 Å². The monoisotopic (exact) mass is 340 g/mol. The van der Waals surface area contributed by atoms with E-state index < -0.39 is 0 Å². The van der Waals surface area contributed by atoms with Crippen LogP contribution in [0.5, 0.6) is 5.75 Å². The summed E-state index contributed by atoms with van der Waals surface area (Å²) < 4.78 is 5.65. The first-order valence-corrected chi connectivity index (χ1v) is 8.77. The van der Waals surface area contributed by atoms with Gasteiger partial charge in [0.15, 0.2) is 0 Å². The maximum absolute atomic E-state index is 12.4. The molecule has 2 rings (SSSR count). The van der Waals surface area contributed by atoms with Gasteiger partial charge in [-0.05, 0) is 75.9 Å². The van der Waals surface area contributed by atoms with Gasteiger partial charge < -0.3 is 15.8 Å². The minimum Gasteiger partial charge on any atom is -0.491 e. The highest BCUT2D eigenvalue weighted by Gasteiger charge is 2.12. The summed E-state index contributed by atoms with van der Waals surface area (Å²) in [5.41, 5.74) is 9.19. The molecular weight excluding hydrogens is 312 g/mol. The van der Waals surface area contributed by atoms with Crippen molar-refractivity contribution < 1.29 is 9.53 Å². The Labute approximate surface area is 150 Å². The first-order valence-electron chi connectivity index (χ1n) is 8.77. The third-order valence-electron chi connectivity index (χ3n) is 4.04. The maximum Gasteiger partial charge on any atom is 0.251 e. The summed E-state index contributed by atoms with van der Waals surface area (Å²) in [6.45, 7) is 7.97. The van der Waals surface area contributed by atoms with E-state index in [1.54, 1.807) is 6.07 Å². The van der Waals surface area contributed by atoms with Crippen molar-refractivity contribution in [1.82, 2.24) is 5.32 Å². The van der Waals surface area contributed by atoms with E-state index in [2.05, 4.69) is 17.4 Å². The van der Waals surface area contributed by atoms with Gasteiger partial charge in [0.1, 0.15) is 5.75 Å². The molecule has 3 N–H and O–H groups in total. The smallest absolute Gasteiger partial charge is 0.251 e. The zero-order chi connectivity index (χ0) is 18.4. The van der Waals surface area contributed by atoms with Gasteiger partial charge in [-0.1, -0.05) is 18.2 Å². The van der Waals surface area contributed by atoms with E-state index in [1.165, 1.54) is 5.56 Å². The second-order valence-electron chi connectivity index (χ2n) is 6.80. The van der Waals surface area contributed by atoms with Crippen LogP contribution in [0.4, 0.5) is 5.69 Å². The number of nitrogen functional groups attached to an aromatic ring is 1. The fraction of sp³-hybridized carbons (Fsp3) is 0.381. The Morgan fingerprint density at radius 1 is 1.12 bits per heavy atom. The fourth-order valence-electron chi connectivity index (χ4n) is 2.65. The molecule has 0 aliphatic carbocycles. The van der Waals surface area contributed by atoms with Gasteiger partial charge in [-0.15, -0.1) is 0 Å². The molecule has 0 spiro atoms. The highest BCUT2D eigenvalue weighted by molar-refractivity contribution is 5.96. The third-order valence-corrected chi connectivity index (χ3v) is 4.04. The molecule has 25 heavy (non-hydrogen) atoms. The maximum atomic E-state index is 12.4. The van der Waals surface area contributed by atoms with Crippen LogP contribution in [-0.2, 0) is 6.42 Å². The largest absolute Gasteiger partial charge is 0.491 e. The second-order valence-corrected chi connectivity index (χ2v) is 6.80. The zero-order valence-corrected chi connectivity index (χ0v) is 15.5. The summed E-state index contributed by atoms with van der Waals surface area (Å²) in [4.78, 5) is 12.4. The first-order chi connectivity index (χ1) is 11.8. The lowest BCUT2D eigenvalue weighted by molar-refractivity contribution is 0.0938. The Balaban J connectivity index is 1.86. The molecule has 2 aromatic carbocycles. The molecule has 2 aromatic rings. The number of aryl methyl sites for hydroxylation is 2. The van der Waals surface area contributed by atoms with Crippen LogP contribution >= 0.6 is 0 Å². The number of hydrogen-bond acceptors (Lipinski definition) is 3. The molecule has 0 fully saturated rings. The van der Waals surface area contributed by atoms with Gasteiger partial charge in [-0.3, -0.25) is 4.79 Å². The standard InChI is InChI=1S/C21H28N2O2/c1-14(2)25-19-11-8-17(9-12-19)7-6-16(4)23-21(24)20-13-18(22)10-5-15(20)3/h5,8-14,16H,6-7,22H2,1-4H3,(H,23,24). The Kier molecular flexibility index (Phi) is 6.45. The van der Waals surface area contributed by atoms with E-state index in [9.17, 15) is 4.79 Å². The number of carbonyl (C=O) groups excluding carboxylic acids is 1. The molecule has 0 heterocycles. The number of amides is 1. The van der Waals surface area contributed by atoms with E-state index in [4.69, 9.17) is 10.5 Å². The molecule has 0 bridgehead atoms. The summed E-state index contributed by atoms with van der Waals surface area (Å²) in [7, 11) is 0. The Morgan fingerprint density at radius 3 is 2.44 bits per heavy atom. The summed E-state index contributed by atoms with van der Waals surface area (Å²) in [6.07, 6.45) is 1.95. The van der Waals surface area contributed by atoms with Crippen molar-refractivity contribution in [2.75, 3.05) is 5.73 Å². The number of carbonyl (C=O) groups is 1. The number of benzene rings is 2. The molecule has 134 valence electrons. The summed E-state index contributed by atoms with van der Waals surface area (Å²) in [5.74, 6) is 0.815. The normalized spacial score (nSPS) is 12.0. The molecule has 0 aliphatic heterocycles. The second kappa shape index (κ2) is 8.56. The predicted octanol–water partition coefficient (Wildman–Crippen LogP) is 4.12. The Bertz CT molecular complexity index is 708. The van der Waals surface area contributed by atoms with Crippen molar-refractivity contribution in [2.45, 2.75) is 52.7 Å². The van der Waals surface area contributed by atoms with E-state index in [1.807, 2.05) is 52.0 Å². The van der Waals surface area contributed by atoms with E-state index in [0.29, 0.717) is 11.3 Å². The molecule has 0 aliphatic rings. The van der Waals surface area contributed by atoms with Crippen molar-refractivity contribution in [3.05, 3.63) is 59.2 Å². The lowest BCUT2D eigenvalue weighted by Crippen LogP contribution is -2.33. The average Bonchev–Trinajstić information content (AvgIpc) is 2.56. The summed E-state index contributed by atoms with van der Waals surface area (Å²) in [6, 6.07) is 13.6. The van der Waals surface area contributed by atoms with Crippen molar-refractivity contribution >= 4 is 11.6 Å². The SMILES string of the molecule is Cc1ccc(N)cc1C(=O)NC(C)CCc1ccc(OC(C)C)cc1. The van der Waals surface area contributed by atoms with Crippen molar-refractivity contribution in [3.63, 3.8) is 0 Å². The van der Waals surface area contributed by atoms with Crippen LogP contribution in [0.2, 0.25) is 0 Å². The van der Waals surface area contributed by atoms with Crippen LogP contribution in [0.15, 0.2) is 42.5 Å². The molecule has 4 heteroatoms. The van der Waals surface area contributed by atoms with Crippen LogP contribution in [0.3, 0.4) is 0 Å². The molecule has 0 saturated carbocycles. The van der Waals surface area contributed by atoms with Gasteiger partial charge >= 0.3 is 0 Å². The Hall–Kier alpha value is -2.49. The molecule has 0 radical (unpaired) electrons. The predicted molar refractivity (Wildman–Crippen MR) is 103 cm³/mol. The van der Waals surface area contributed by atoms with Crippen molar-refractivity contribution in [1.29, 1.82) is 0 Å². The molecule has 4 nitrogen and oxygen atoms in total. The topological polar surface area (TPSA) is 64.4 Å². The molecule has 1 atom stereocenters. The van der Waals surface area contributed by atoms with Crippen LogP contribution in [0.25, 0.3) is 0 Å². The molecule has 1 unspecified atom stereocenters. The lowest BCUT2D eigenvalue weighted by atomic mass is 10.0. The van der Waals surface area contributed by atoms with Crippen molar-refractivity contribution in [3.8, 4) is 5.75 Å². The molecule has 0 aromatic heterocycles. The Morgan fingerprint density at radius 2 is 1.80 bits per heavy atom. The van der Waals surface area contributed by atoms with Gasteiger partial charge in [-0.25, -0.2) is 0 Å². The van der Waals surface area contributed by atoms with Gasteiger partial charge in [0.05, 0.1) is 6.10 Å². The van der Waals surface area contributed by atoms with Gasteiger partial charge in [0.25, 0.3) is 5.91 Å². The number of nitrogens with one attached hydrogen (secondary N) is 1. The van der Waals surface area contributed by atoms with Crippen LogP contribution in [0, 0.1) is 6.92 Å². The lowest BCUT2D eigenvalue weighted by Gasteiger charge is -2.15. The van der Waals surface area contributed by atoms with Crippen LogP contribution < -0.4 is 15.8 Å². The third kappa shape index (κ3) is 5.82. The van der Waals surface area contributed by atoms with Crippen LogP contribution in [0.1, 0.15) is 48.7 Å². The highest BCUT2D eigenvalue weighted by Crippen LogP contribution is 2.16. The van der Waals surface area contributed by atoms with Crippen molar-refractivity contribution in [2.24, 2.45) is 0 Å². The fourth-order valence-corrected chi connectivity index (χ4v) is 2.65. The van der Waals surface area contributed by atoms with E-state index in [-0.39, 0.29) is 18.1 Å². The van der Waals surface area contributed by atoms with Crippen LogP contribution in [-0.4, -0.2) is 18.1 Å². The molecule has 1 amide bonds. The number of ether oxygens (including phenoxy) is 1. The quantitative estimate of drug-likeness (QED) is 0.745. The number of nitrogens with two attached hydrogens (primary N) is 1. The number of anilines is 1. The first kappa shape index (κ1) is 18.8. The highest BCUT2D eigenvalue weighted by atomic mass is 16.5. The summed E-state index contributed by atoms with van der Waals surface area (Å²) >= 11 is 0. The van der Waals surface area contributed by atoms with E-state index in [0.717, 1.165) is 24.2 Å².